The molecule has 9 nitrogen and oxygen atoms in total. The van der Waals surface area contributed by atoms with Crippen LogP contribution in [-0.2, 0) is 35.3 Å². The Balaban J connectivity index is 2.30. The van der Waals surface area contributed by atoms with Crippen LogP contribution >= 0.6 is 0 Å². The van der Waals surface area contributed by atoms with Crippen molar-refractivity contribution in [3.05, 3.63) is 60.2 Å². The molecule has 0 fully saturated rings. The number of rotatable bonds is 11. The Morgan fingerprint density at radius 1 is 1.16 bits per heavy atom. The van der Waals surface area contributed by atoms with Crippen LogP contribution in [0.3, 0.4) is 0 Å². The molecule has 1 aromatic carbocycles. The van der Waals surface area contributed by atoms with E-state index in [0.29, 0.717) is 5.56 Å². The number of ketones is 1. The highest BCUT2D eigenvalue weighted by molar-refractivity contribution is 6.06. The van der Waals surface area contributed by atoms with Gasteiger partial charge in [0.05, 0.1) is 18.6 Å². The van der Waals surface area contributed by atoms with E-state index in [1.807, 2.05) is 0 Å². The second kappa shape index (κ2) is 10.8. The van der Waals surface area contributed by atoms with E-state index >= 15 is 0 Å². The third kappa shape index (κ3) is 5.89. The molecular formula is C23H28N2O7. The molecule has 0 spiro atoms. The number of allylic oxidation sites excluding steroid dienone is 4. The molecule has 1 aliphatic rings. The number of ether oxygens (including phenoxy) is 2. The first-order chi connectivity index (χ1) is 15.1. The molecule has 0 heterocycles. The second-order valence-electron chi connectivity index (χ2n) is 7.75. The summed E-state index contributed by atoms with van der Waals surface area (Å²) >= 11 is 0. The van der Waals surface area contributed by atoms with Crippen LogP contribution < -0.4 is 11.5 Å². The maximum absolute atomic E-state index is 13.3. The SMILES string of the molecule is COC(=O)[C@@](N)(CC1(C(=O)[C@@H](N)CCC(=O)O)C=CC=CC1)C(=O)OCc1ccccc1. The van der Waals surface area contributed by atoms with Crippen molar-refractivity contribution in [2.24, 2.45) is 16.9 Å². The first kappa shape index (κ1) is 25.0. The zero-order valence-electron chi connectivity index (χ0n) is 17.9. The first-order valence-electron chi connectivity index (χ1n) is 10.1. The number of benzene rings is 1. The maximum Gasteiger partial charge on any atom is 0.338 e. The highest BCUT2D eigenvalue weighted by atomic mass is 16.6. The largest absolute Gasteiger partial charge is 0.481 e. The van der Waals surface area contributed by atoms with Gasteiger partial charge in [0.15, 0.2) is 5.78 Å². The average Bonchev–Trinajstić information content (AvgIpc) is 2.80. The summed E-state index contributed by atoms with van der Waals surface area (Å²) in [5.74, 6) is -3.70. The number of hydrogen-bond donors (Lipinski definition) is 3. The van der Waals surface area contributed by atoms with Gasteiger partial charge < -0.3 is 26.0 Å². The molecule has 0 aliphatic heterocycles. The Morgan fingerprint density at radius 2 is 1.84 bits per heavy atom. The molecule has 172 valence electrons. The monoisotopic (exact) mass is 444 g/mol. The number of carboxylic acid groups (broad SMARTS) is 1. The van der Waals surface area contributed by atoms with Gasteiger partial charge in [-0.3, -0.25) is 9.59 Å². The van der Waals surface area contributed by atoms with E-state index in [9.17, 15) is 19.2 Å². The lowest BCUT2D eigenvalue weighted by Crippen LogP contribution is -2.60. The predicted octanol–water partition coefficient (Wildman–Crippen LogP) is 1.25. The first-order valence-corrected chi connectivity index (χ1v) is 10.1. The number of Topliss-reactive ketones (excluding diaryl/α,β-unsaturated/α-hetero) is 1. The topological polar surface area (TPSA) is 159 Å². The van der Waals surface area contributed by atoms with Crippen molar-refractivity contribution in [2.45, 2.75) is 43.9 Å². The van der Waals surface area contributed by atoms with Crippen molar-refractivity contribution in [3.8, 4) is 0 Å². The Hall–Kier alpha value is -3.30. The maximum atomic E-state index is 13.3. The Bertz CT molecular complexity index is 912. The molecule has 9 heteroatoms. The minimum atomic E-state index is -2.28. The summed E-state index contributed by atoms with van der Waals surface area (Å²) in [4.78, 5) is 49.7. The van der Waals surface area contributed by atoms with Crippen molar-refractivity contribution in [2.75, 3.05) is 7.11 Å². The molecule has 1 unspecified atom stereocenters. The molecule has 1 aromatic rings. The fourth-order valence-electron chi connectivity index (χ4n) is 3.60. The van der Waals surface area contributed by atoms with E-state index in [0.717, 1.165) is 7.11 Å². The zero-order chi connectivity index (χ0) is 23.8. The fourth-order valence-corrected chi connectivity index (χ4v) is 3.60. The van der Waals surface area contributed by atoms with Crippen molar-refractivity contribution >= 4 is 23.7 Å². The average molecular weight is 444 g/mol. The van der Waals surface area contributed by atoms with Crippen molar-refractivity contribution in [1.29, 1.82) is 0 Å². The molecule has 5 N–H and O–H groups in total. The van der Waals surface area contributed by atoms with Crippen LogP contribution in [0.5, 0.6) is 0 Å². The molecule has 3 atom stereocenters. The number of methoxy groups -OCH3 is 1. The van der Waals surface area contributed by atoms with E-state index in [1.165, 1.54) is 6.08 Å². The predicted molar refractivity (Wildman–Crippen MR) is 115 cm³/mol. The summed E-state index contributed by atoms with van der Waals surface area (Å²) in [7, 11) is 1.08. The summed E-state index contributed by atoms with van der Waals surface area (Å²) in [6.07, 6.45) is 5.82. The van der Waals surface area contributed by atoms with Crippen LogP contribution in [0, 0.1) is 5.41 Å². The number of hydrogen-bond acceptors (Lipinski definition) is 8. The smallest absolute Gasteiger partial charge is 0.338 e. The van der Waals surface area contributed by atoms with Gasteiger partial charge in [0.25, 0.3) is 0 Å². The quantitative estimate of drug-likeness (QED) is 0.337. The highest BCUT2D eigenvalue weighted by Gasteiger charge is 2.53. The van der Waals surface area contributed by atoms with E-state index < -0.39 is 47.1 Å². The molecule has 0 saturated carbocycles. The molecule has 0 saturated heterocycles. The van der Waals surface area contributed by atoms with Crippen molar-refractivity contribution in [1.82, 2.24) is 0 Å². The summed E-state index contributed by atoms with van der Waals surface area (Å²) in [5, 5.41) is 8.90. The minimum absolute atomic E-state index is 0.0955. The van der Waals surface area contributed by atoms with Gasteiger partial charge in [0.1, 0.15) is 6.61 Å². The van der Waals surface area contributed by atoms with Crippen LogP contribution in [0.1, 0.15) is 31.2 Å². The van der Waals surface area contributed by atoms with E-state index in [4.69, 9.17) is 26.0 Å². The van der Waals surface area contributed by atoms with Gasteiger partial charge in [-0.05, 0) is 18.4 Å². The van der Waals surface area contributed by atoms with Gasteiger partial charge in [0.2, 0.25) is 5.54 Å². The zero-order valence-corrected chi connectivity index (χ0v) is 17.9. The minimum Gasteiger partial charge on any atom is -0.481 e. The van der Waals surface area contributed by atoms with Crippen molar-refractivity contribution in [3.63, 3.8) is 0 Å². The number of carbonyl (C=O) groups excluding carboxylic acids is 3. The lowest BCUT2D eigenvalue weighted by molar-refractivity contribution is -0.165. The second-order valence-corrected chi connectivity index (χ2v) is 7.75. The summed E-state index contributed by atoms with van der Waals surface area (Å²) < 4.78 is 10.1. The van der Waals surface area contributed by atoms with Gasteiger partial charge in [-0.25, -0.2) is 9.59 Å². The van der Waals surface area contributed by atoms with Gasteiger partial charge in [0, 0.05) is 12.8 Å². The number of nitrogens with two attached hydrogens (primary N) is 2. The molecule has 0 aromatic heterocycles. The molecular weight excluding hydrogens is 416 g/mol. The van der Waals surface area contributed by atoms with E-state index in [-0.39, 0.29) is 25.9 Å². The number of aliphatic carboxylic acids is 1. The number of carbonyl (C=O) groups is 4. The van der Waals surface area contributed by atoms with E-state index in [1.54, 1.807) is 48.6 Å². The van der Waals surface area contributed by atoms with Gasteiger partial charge in [-0.2, -0.15) is 0 Å². The van der Waals surface area contributed by atoms with Crippen LogP contribution in [0.15, 0.2) is 54.6 Å². The normalized spacial score (nSPS) is 20.1. The van der Waals surface area contributed by atoms with Crippen molar-refractivity contribution < 1.29 is 33.8 Å². The molecule has 0 amide bonds. The summed E-state index contributed by atoms with van der Waals surface area (Å²) in [6.45, 7) is -0.121. The van der Waals surface area contributed by atoms with E-state index in [2.05, 4.69) is 0 Å². The summed E-state index contributed by atoms with van der Waals surface area (Å²) in [6, 6.07) is 7.70. The third-order valence-electron chi connectivity index (χ3n) is 5.36. The Morgan fingerprint density at radius 3 is 2.41 bits per heavy atom. The number of esters is 2. The lowest BCUT2D eigenvalue weighted by Gasteiger charge is -2.37. The molecule has 1 aliphatic carbocycles. The summed E-state index contributed by atoms with van der Waals surface area (Å²) in [5.41, 5.74) is 9.23. The van der Waals surface area contributed by atoms with Gasteiger partial charge in [-0.1, -0.05) is 54.6 Å². The van der Waals surface area contributed by atoms with Gasteiger partial charge in [-0.15, -0.1) is 0 Å². The Labute approximate surface area is 186 Å². The fraction of sp³-hybridized carbons (Fsp3) is 0.391. The van der Waals surface area contributed by atoms with Crippen LogP contribution in [0.4, 0.5) is 0 Å². The standard InChI is InChI=1S/C23H28N2O7/c1-31-20(29)23(25,21(30)32-14-16-8-4-2-5-9-16)15-22(12-6-3-7-13-22)19(28)17(24)10-11-18(26)27/h2-9,12,17H,10-11,13-15,24-25H2,1H3,(H,26,27)/t17-,22?,23-/m0/s1. The third-order valence-corrected chi connectivity index (χ3v) is 5.36. The van der Waals surface area contributed by atoms with Crippen LogP contribution in [0.2, 0.25) is 0 Å². The van der Waals surface area contributed by atoms with Gasteiger partial charge >= 0.3 is 17.9 Å². The highest BCUT2D eigenvalue weighted by Crippen LogP contribution is 2.39. The Kier molecular flexibility index (Phi) is 8.45. The molecule has 32 heavy (non-hydrogen) atoms. The molecule has 0 bridgehead atoms. The molecule has 2 rings (SSSR count). The van der Waals surface area contributed by atoms with Crippen LogP contribution in [0.25, 0.3) is 0 Å². The van der Waals surface area contributed by atoms with Crippen LogP contribution in [-0.4, -0.2) is 47.5 Å². The number of carboxylic acids is 1. The lowest BCUT2D eigenvalue weighted by atomic mass is 9.67. The molecule has 0 radical (unpaired) electrons.